The zero-order chi connectivity index (χ0) is 24.1. The van der Waals surface area contributed by atoms with Crippen LogP contribution in [0.15, 0.2) is 0 Å². The first kappa shape index (κ1) is 24.7. The molecule has 6 nitrogen and oxygen atoms in total. The van der Waals surface area contributed by atoms with E-state index in [-0.39, 0.29) is 65.1 Å². The summed E-state index contributed by atoms with van der Waals surface area (Å²) < 4.78 is 10.8. The number of aliphatic hydroxyl groups excluding tert-OH is 1. The van der Waals surface area contributed by atoms with Crippen molar-refractivity contribution in [1.82, 2.24) is 0 Å². The largest absolute Gasteiger partial charge is 0.469 e. The molecule has 186 valence electrons. The van der Waals surface area contributed by atoms with Gasteiger partial charge in [-0.1, -0.05) is 20.8 Å². The van der Waals surface area contributed by atoms with Crippen LogP contribution in [-0.4, -0.2) is 42.1 Å². The van der Waals surface area contributed by atoms with Gasteiger partial charge in [-0.05, 0) is 80.0 Å². The summed E-state index contributed by atoms with van der Waals surface area (Å²) in [6.07, 6.45) is 6.37. The van der Waals surface area contributed by atoms with Crippen molar-refractivity contribution in [1.29, 1.82) is 0 Å². The minimum absolute atomic E-state index is 0.00607. The Kier molecular flexibility index (Phi) is 6.71. The van der Waals surface area contributed by atoms with Crippen molar-refractivity contribution < 1.29 is 29.0 Å². The van der Waals surface area contributed by atoms with E-state index in [1.807, 2.05) is 0 Å². The Hall–Kier alpha value is -1.43. The number of hydrogen-bond acceptors (Lipinski definition) is 6. The van der Waals surface area contributed by atoms with Crippen molar-refractivity contribution in [2.45, 2.75) is 97.7 Å². The van der Waals surface area contributed by atoms with Gasteiger partial charge >= 0.3 is 11.9 Å². The van der Waals surface area contributed by atoms with E-state index < -0.39 is 5.41 Å². The van der Waals surface area contributed by atoms with Gasteiger partial charge in [-0.25, -0.2) is 0 Å². The molecule has 6 heteroatoms. The Bertz CT molecular complexity index is 793. The van der Waals surface area contributed by atoms with E-state index in [1.165, 1.54) is 14.0 Å². The molecule has 4 fully saturated rings. The van der Waals surface area contributed by atoms with E-state index in [0.29, 0.717) is 18.6 Å². The summed E-state index contributed by atoms with van der Waals surface area (Å²) in [5.41, 5.74) is -0.432. The normalized spacial score (nSPS) is 45.4. The summed E-state index contributed by atoms with van der Waals surface area (Å²) in [5, 5.41) is 10.4. The number of hydrogen-bond donors (Lipinski definition) is 1. The second-order valence-corrected chi connectivity index (χ2v) is 12.0. The minimum atomic E-state index is -0.438. The molecule has 10 atom stereocenters. The zero-order valence-electron chi connectivity index (χ0n) is 21.0. The van der Waals surface area contributed by atoms with Gasteiger partial charge in [0.05, 0.1) is 13.2 Å². The Labute approximate surface area is 198 Å². The summed E-state index contributed by atoms with van der Waals surface area (Å²) in [5.74, 6) is 1.25. The first-order valence-electron chi connectivity index (χ1n) is 13.0. The summed E-state index contributed by atoms with van der Waals surface area (Å²) in [4.78, 5) is 37.7. The molecule has 0 aromatic carbocycles. The number of fused-ring (bicyclic) bond motifs is 5. The first-order chi connectivity index (χ1) is 15.5. The molecule has 0 saturated heterocycles. The van der Waals surface area contributed by atoms with Crippen LogP contribution in [0.1, 0.15) is 85.5 Å². The lowest BCUT2D eigenvalue weighted by molar-refractivity contribution is -0.194. The molecular weight excluding hydrogens is 420 g/mol. The van der Waals surface area contributed by atoms with Crippen LogP contribution in [0.3, 0.4) is 0 Å². The number of ketones is 1. The lowest BCUT2D eigenvalue weighted by Gasteiger charge is -2.62. The fourth-order valence-electron chi connectivity index (χ4n) is 8.82. The van der Waals surface area contributed by atoms with Crippen LogP contribution in [0.4, 0.5) is 0 Å². The second-order valence-electron chi connectivity index (χ2n) is 12.0. The van der Waals surface area contributed by atoms with Gasteiger partial charge in [-0.3, -0.25) is 14.4 Å². The van der Waals surface area contributed by atoms with Crippen molar-refractivity contribution in [2.24, 2.45) is 46.3 Å². The topological polar surface area (TPSA) is 89.9 Å². The van der Waals surface area contributed by atoms with E-state index >= 15 is 0 Å². The van der Waals surface area contributed by atoms with Gasteiger partial charge in [0.2, 0.25) is 0 Å². The maximum atomic E-state index is 13.9. The third-order valence-corrected chi connectivity index (χ3v) is 10.6. The molecule has 0 unspecified atom stereocenters. The predicted octanol–water partition coefficient (Wildman–Crippen LogP) is 4.32. The molecule has 4 saturated carbocycles. The number of rotatable bonds is 5. The lowest BCUT2D eigenvalue weighted by atomic mass is 9.43. The van der Waals surface area contributed by atoms with Crippen LogP contribution in [-0.2, 0) is 23.9 Å². The molecule has 4 aliphatic carbocycles. The van der Waals surface area contributed by atoms with Crippen molar-refractivity contribution in [3.63, 3.8) is 0 Å². The Morgan fingerprint density at radius 2 is 1.88 bits per heavy atom. The number of carbonyl (C=O) groups is 3. The number of carbonyl (C=O) groups excluding carboxylic acids is 3. The molecule has 1 N–H and O–H groups in total. The molecule has 0 amide bonds. The molecule has 0 aromatic heterocycles. The van der Waals surface area contributed by atoms with Gasteiger partial charge in [0, 0.05) is 31.1 Å². The van der Waals surface area contributed by atoms with Crippen LogP contribution in [0.2, 0.25) is 0 Å². The third-order valence-electron chi connectivity index (χ3n) is 10.6. The van der Waals surface area contributed by atoms with Gasteiger partial charge in [-0.2, -0.15) is 0 Å². The van der Waals surface area contributed by atoms with Crippen molar-refractivity contribution in [3.8, 4) is 0 Å². The predicted molar refractivity (Wildman–Crippen MR) is 123 cm³/mol. The molecule has 0 bridgehead atoms. The highest BCUT2D eigenvalue weighted by Gasteiger charge is 2.66. The van der Waals surface area contributed by atoms with Crippen LogP contribution in [0.25, 0.3) is 0 Å². The zero-order valence-corrected chi connectivity index (χ0v) is 21.0. The number of esters is 2. The van der Waals surface area contributed by atoms with E-state index in [4.69, 9.17) is 9.47 Å². The highest BCUT2D eigenvalue weighted by atomic mass is 16.5. The quantitative estimate of drug-likeness (QED) is 0.612. The standard InChI is InChI=1S/C27H42O6/c1-15(6-9-24(31)32-5)19-7-8-20-25-21(14-23(30)27(19,20)4)26(3)11-10-18(29)12-17(26)13-22(25)33-16(2)28/h15,17-22,25,29H,6-14H2,1-5H3/t15-,17+,18-,19-,20+,21+,22+,25+,26-,27-/m0/s1. The van der Waals surface area contributed by atoms with Crippen LogP contribution < -0.4 is 0 Å². The smallest absolute Gasteiger partial charge is 0.305 e. The average molecular weight is 463 g/mol. The Balaban J connectivity index is 1.65. The van der Waals surface area contributed by atoms with E-state index in [9.17, 15) is 19.5 Å². The summed E-state index contributed by atoms with van der Waals surface area (Å²) in [6.45, 7) is 8.14. The monoisotopic (exact) mass is 462 g/mol. The van der Waals surface area contributed by atoms with Gasteiger partial charge in [0.25, 0.3) is 0 Å². The van der Waals surface area contributed by atoms with Crippen LogP contribution >= 0.6 is 0 Å². The summed E-state index contributed by atoms with van der Waals surface area (Å²) >= 11 is 0. The molecular formula is C27H42O6. The van der Waals surface area contributed by atoms with Gasteiger partial charge in [-0.15, -0.1) is 0 Å². The molecule has 0 heterocycles. The van der Waals surface area contributed by atoms with Gasteiger partial charge in [0.1, 0.15) is 11.9 Å². The van der Waals surface area contributed by atoms with Crippen molar-refractivity contribution in [3.05, 3.63) is 0 Å². The van der Waals surface area contributed by atoms with Crippen molar-refractivity contribution in [2.75, 3.05) is 7.11 Å². The van der Waals surface area contributed by atoms with Crippen LogP contribution in [0, 0.1) is 46.3 Å². The minimum Gasteiger partial charge on any atom is -0.469 e. The highest BCUT2D eigenvalue weighted by Crippen LogP contribution is 2.67. The number of methoxy groups -OCH3 is 1. The van der Waals surface area contributed by atoms with Crippen molar-refractivity contribution >= 4 is 17.7 Å². The fourth-order valence-corrected chi connectivity index (χ4v) is 8.82. The third kappa shape index (κ3) is 4.04. The van der Waals surface area contributed by atoms with E-state index in [0.717, 1.165) is 44.9 Å². The van der Waals surface area contributed by atoms with E-state index in [2.05, 4.69) is 20.8 Å². The van der Waals surface area contributed by atoms with Gasteiger partial charge in [0.15, 0.2) is 0 Å². The number of Topliss-reactive ketones (excluding diaryl/α,β-unsaturated/α-hetero) is 1. The SMILES string of the molecule is COC(=O)CC[C@H](C)[C@@H]1CC[C@@H]2[C@@H]3[C@@H](CC(=O)[C@]21C)[C@@]1(C)CC[C@H](O)C[C@@H]1C[C@H]3OC(C)=O. The Morgan fingerprint density at radius 3 is 2.55 bits per heavy atom. The summed E-state index contributed by atoms with van der Waals surface area (Å²) in [6, 6.07) is 0. The lowest BCUT2D eigenvalue weighted by Crippen LogP contribution is -2.61. The highest BCUT2D eigenvalue weighted by molar-refractivity contribution is 5.87. The Morgan fingerprint density at radius 1 is 1.15 bits per heavy atom. The van der Waals surface area contributed by atoms with E-state index in [1.54, 1.807) is 0 Å². The molecule has 0 aliphatic heterocycles. The number of aliphatic hydroxyl groups is 1. The average Bonchev–Trinajstić information content (AvgIpc) is 3.11. The molecule has 0 spiro atoms. The fraction of sp³-hybridized carbons (Fsp3) is 0.889. The summed E-state index contributed by atoms with van der Waals surface area (Å²) in [7, 11) is 1.42. The van der Waals surface area contributed by atoms with Crippen LogP contribution in [0.5, 0.6) is 0 Å². The maximum absolute atomic E-state index is 13.9. The molecule has 0 aromatic rings. The maximum Gasteiger partial charge on any atom is 0.305 e. The molecule has 4 aliphatic rings. The molecule has 0 radical (unpaired) electrons. The first-order valence-corrected chi connectivity index (χ1v) is 13.0. The second kappa shape index (κ2) is 8.98. The molecule has 4 rings (SSSR count). The van der Waals surface area contributed by atoms with Gasteiger partial charge < -0.3 is 14.6 Å². The molecule has 33 heavy (non-hydrogen) atoms. The number of ether oxygens (including phenoxy) is 2.